The largest absolute Gasteiger partial charge is 0.493 e. The van der Waals surface area contributed by atoms with Gasteiger partial charge in [0.05, 0.1) is 17.7 Å². The number of amides is 2. The number of carbonyl (C=O) groups is 2. The SMILES string of the molecule is COc1cc(C(=O)Nc2cc(-c3ccc(C)s3)[nH]n2)ccc1OCC(=O)NC(C)C. The molecule has 2 amide bonds. The minimum absolute atomic E-state index is 0.0282. The number of aromatic amines is 1. The van der Waals surface area contributed by atoms with Gasteiger partial charge in [-0.2, -0.15) is 5.10 Å². The number of aryl methyl sites for hydroxylation is 1. The second kappa shape index (κ2) is 9.45. The van der Waals surface area contributed by atoms with Crippen LogP contribution in [0.3, 0.4) is 0 Å². The number of thiophene rings is 1. The van der Waals surface area contributed by atoms with E-state index in [2.05, 4.69) is 20.8 Å². The lowest BCUT2D eigenvalue weighted by Crippen LogP contribution is -2.34. The summed E-state index contributed by atoms with van der Waals surface area (Å²) >= 11 is 1.64. The third-order valence-electron chi connectivity index (χ3n) is 4.06. The van der Waals surface area contributed by atoms with Crippen molar-refractivity contribution in [3.05, 3.63) is 46.8 Å². The molecule has 3 rings (SSSR count). The fourth-order valence-electron chi connectivity index (χ4n) is 2.71. The van der Waals surface area contributed by atoms with Gasteiger partial charge in [-0.25, -0.2) is 0 Å². The maximum absolute atomic E-state index is 12.6. The predicted octanol–water partition coefficient (Wildman–Crippen LogP) is 3.61. The number of H-pyrrole nitrogens is 1. The van der Waals surface area contributed by atoms with Gasteiger partial charge in [0.25, 0.3) is 11.8 Å². The zero-order valence-corrected chi connectivity index (χ0v) is 18.1. The second-order valence-electron chi connectivity index (χ2n) is 6.91. The molecule has 0 saturated heterocycles. The molecular formula is C21H24N4O4S. The number of nitrogens with one attached hydrogen (secondary N) is 3. The van der Waals surface area contributed by atoms with Crippen molar-refractivity contribution in [2.24, 2.45) is 0 Å². The molecule has 158 valence electrons. The molecule has 0 saturated carbocycles. The monoisotopic (exact) mass is 428 g/mol. The molecule has 3 aromatic rings. The van der Waals surface area contributed by atoms with Crippen LogP contribution in [-0.2, 0) is 4.79 Å². The molecule has 3 N–H and O–H groups in total. The van der Waals surface area contributed by atoms with Crippen LogP contribution in [0, 0.1) is 6.92 Å². The summed E-state index contributed by atoms with van der Waals surface area (Å²) in [5, 5.41) is 12.6. The van der Waals surface area contributed by atoms with Crippen LogP contribution >= 0.6 is 11.3 Å². The molecule has 0 fully saturated rings. The number of hydrogen-bond acceptors (Lipinski definition) is 6. The quantitative estimate of drug-likeness (QED) is 0.508. The Kier molecular flexibility index (Phi) is 6.73. The summed E-state index contributed by atoms with van der Waals surface area (Å²) in [6, 6.07) is 10.6. The lowest BCUT2D eigenvalue weighted by molar-refractivity contribution is -0.123. The third kappa shape index (κ3) is 5.38. The number of carbonyl (C=O) groups excluding carboxylic acids is 2. The van der Waals surface area contributed by atoms with Crippen LogP contribution in [0.25, 0.3) is 10.6 Å². The molecule has 0 radical (unpaired) electrons. The average Bonchev–Trinajstić information content (AvgIpc) is 3.34. The van der Waals surface area contributed by atoms with E-state index in [1.165, 1.54) is 12.0 Å². The van der Waals surface area contributed by atoms with E-state index < -0.39 is 0 Å². The topological polar surface area (TPSA) is 105 Å². The maximum atomic E-state index is 12.6. The first-order chi connectivity index (χ1) is 14.4. The van der Waals surface area contributed by atoms with Gasteiger partial charge in [0, 0.05) is 22.5 Å². The Hall–Kier alpha value is -3.33. The molecule has 0 unspecified atom stereocenters. The molecule has 1 aromatic carbocycles. The molecule has 0 aliphatic heterocycles. The van der Waals surface area contributed by atoms with Crippen LogP contribution in [0.5, 0.6) is 11.5 Å². The predicted molar refractivity (Wildman–Crippen MR) is 116 cm³/mol. The van der Waals surface area contributed by atoms with Crippen LogP contribution in [0.4, 0.5) is 5.82 Å². The van der Waals surface area contributed by atoms with E-state index in [0.717, 1.165) is 10.6 Å². The van der Waals surface area contributed by atoms with E-state index in [1.807, 2.05) is 32.9 Å². The van der Waals surface area contributed by atoms with Crippen molar-refractivity contribution in [3.8, 4) is 22.1 Å². The number of benzene rings is 1. The van der Waals surface area contributed by atoms with Gasteiger partial charge in [0.2, 0.25) is 0 Å². The fourth-order valence-corrected chi connectivity index (χ4v) is 3.55. The van der Waals surface area contributed by atoms with Crippen molar-refractivity contribution >= 4 is 29.0 Å². The van der Waals surface area contributed by atoms with Crippen molar-refractivity contribution in [2.45, 2.75) is 26.8 Å². The van der Waals surface area contributed by atoms with Crippen LogP contribution < -0.4 is 20.1 Å². The molecule has 0 aliphatic rings. The standard InChI is InChI=1S/C21H24N4O4S/c1-12(2)22-20(26)11-29-16-7-6-14(9-17(16)28-4)21(27)23-19-10-15(24-25-19)18-8-5-13(3)30-18/h5-10,12H,11H2,1-4H3,(H,22,26)(H2,23,24,25,27). The van der Waals surface area contributed by atoms with Gasteiger partial charge in [-0.3, -0.25) is 14.7 Å². The second-order valence-corrected chi connectivity index (χ2v) is 8.20. The number of rotatable bonds is 8. The number of methoxy groups -OCH3 is 1. The molecule has 30 heavy (non-hydrogen) atoms. The number of ether oxygens (including phenoxy) is 2. The first kappa shape index (κ1) is 21.4. The lowest BCUT2D eigenvalue weighted by atomic mass is 10.2. The first-order valence-corrected chi connectivity index (χ1v) is 10.2. The summed E-state index contributed by atoms with van der Waals surface area (Å²) in [6.45, 7) is 5.63. The van der Waals surface area contributed by atoms with Crippen LogP contribution in [0.15, 0.2) is 36.4 Å². The lowest BCUT2D eigenvalue weighted by Gasteiger charge is -2.13. The van der Waals surface area contributed by atoms with E-state index in [4.69, 9.17) is 9.47 Å². The van der Waals surface area contributed by atoms with E-state index in [9.17, 15) is 9.59 Å². The van der Waals surface area contributed by atoms with Crippen molar-refractivity contribution in [2.75, 3.05) is 19.0 Å². The minimum atomic E-state index is -0.335. The van der Waals surface area contributed by atoms with Gasteiger partial charge in [0.1, 0.15) is 0 Å². The third-order valence-corrected chi connectivity index (χ3v) is 5.09. The smallest absolute Gasteiger partial charge is 0.258 e. The maximum Gasteiger partial charge on any atom is 0.258 e. The Morgan fingerprint density at radius 3 is 2.63 bits per heavy atom. The van der Waals surface area contributed by atoms with Gasteiger partial charge in [-0.05, 0) is 51.1 Å². The van der Waals surface area contributed by atoms with Gasteiger partial charge in [-0.1, -0.05) is 0 Å². The summed E-state index contributed by atoms with van der Waals surface area (Å²) < 4.78 is 10.8. The molecule has 2 aromatic heterocycles. The zero-order chi connectivity index (χ0) is 21.7. The van der Waals surface area contributed by atoms with Gasteiger partial charge in [0.15, 0.2) is 23.9 Å². The molecule has 8 nitrogen and oxygen atoms in total. The van der Waals surface area contributed by atoms with E-state index in [-0.39, 0.29) is 24.5 Å². The highest BCUT2D eigenvalue weighted by Gasteiger charge is 2.14. The average molecular weight is 429 g/mol. The summed E-state index contributed by atoms with van der Waals surface area (Å²) in [6.07, 6.45) is 0. The first-order valence-electron chi connectivity index (χ1n) is 9.39. The highest BCUT2D eigenvalue weighted by molar-refractivity contribution is 7.15. The molecule has 9 heteroatoms. The Labute approximate surface area is 178 Å². The minimum Gasteiger partial charge on any atom is -0.493 e. The summed E-state index contributed by atoms with van der Waals surface area (Å²) in [5.41, 5.74) is 1.21. The highest BCUT2D eigenvalue weighted by Crippen LogP contribution is 2.29. The molecule has 0 aliphatic carbocycles. The Morgan fingerprint density at radius 2 is 1.97 bits per heavy atom. The van der Waals surface area contributed by atoms with Crippen molar-refractivity contribution < 1.29 is 19.1 Å². The van der Waals surface area contributed by atoms with Crippen molar-refractivity contribution in [1.29, 1.82) is 0 Å². The fraction of sp³-hybridized carbons (Fsp3) is 0.286. The molecule has 0 atom stereocenters. The van der Waals surface area contributed by atoms with Crippen molar-refractivity contribution in [1.82, 2.24) is 15.5 Å². The Balaban J connectivity index is 1.66. The van der Waals surface area contributed by atoms with E-state index >= 15 is 0 Å². The number of aromatic nitrogens is 2. The molecule has 0 bridgehead atoms. The van der Waals surface area contributed by atoms with Crippen LogP contribution in [0.1, 0.15) is 29.1 Å². The van der Waals surface area contributed by atoms with Gasteiger partial charge in [-0.15, -0.1) is 11.3 Å². The van der Waals surface area contributed by atoms with E-state index in [1.54, 1.807) is 35.6 Å². The number of anilines is 1. The Bertz CT molecular complexity index is 1040. The molecular weight excluding hydrogens is 404 g/mol. The van der Waals surface area contributed by atoms with Gasteiger partial charge < -0.3 is 20.1 Å². The molecule has 0 spiro atoms. The van der Waals surface area contributed by atoms with Crippen molar-refractivity contribution in [3.63, 3.8) is 0 Å². The number of nitrogens with zero attached hydrogens (tertiary/aromatic N) is 1. The molecule has 2 heterocycles. The number of hydrogen-bond donors (Lipinski definition) is 3. The highest BCUT2D eigenvalue weighted by atomic mass is 32.1. The Morgan fingerprint density at radius 1 is 1.17 bits per heavy atom. The zero-order valence-electron chi connectivity index (χ0n) is 17.2. The summed E-state index contributed by atoms with van der Waals surface area (Å²) in [7, 11) is 1.47. The normalized spacial score (nSPS) is 10.7. The van der Waals surface area contributed by atoms with E-state index in [0.29, 0.717) is 22.9 Å². The summed E-state index contributed by atoms with van der Waals surface area (Å²) in [4.78, 5) is 26.6. The van der Waals surface area contributed by atoms with Crippen LogP contribution in [-0.4, -0.2) is 41.8 Å². The van der Waals surface area contributed by atoms with Crippen LogP contribution in [0.2, 0.25) is 0 Å². The van der Waals surface area contributed by atoms with Gasteiger partial charge >= 0.3 is 0 Å². The summed E-state index contributed by atoms with van der Waals surface area (Å²) in [5.74, 6) is 0.590.